The molecule has 0 aliphatic carbocycles. The van der Waals surface area contributed by atoms with Gasteiger partial charge in [0, 0.05) is 12.8 Å². The SMILES string of the molecule is C=CCCCCCCC[C@@H](O)C1C[C@H](OC(=O)CCCCCCCCCCCCC)[C@H](CCCCC)O1. The first-order valence-electron chi connectivity index (χ1n) is 16.3. The van der Waals surface area contributed by atoms with Crippen LogP contribution in [-0.2, 0) is 14.3 Å². The van der Waals surface area contributed by atoms with Crippen molar-refractivity contribution < 1.29 is 19.4 Å². The summed E-state index contributed by atoms with van der Waals surface area (Å²) in [6.07, 6.45) is 28.3. The fraction of sp³-hybridized carbons (Fsp3) is 0.909. The van der Waals surface area contributed by atoms with E-state index in [0.717, 1.165) is 57.8 Å². The first kappa shape index (κ1) is 34.2. The summed E-state index contributed by atoms with van der Waals surface area (Å²) in [7, 11) is 0. The van der Waals surface area contributed by atoms with Crippen LogP contribution in [0, 0.1) is 0 Å². The quantitative estimate of drug-likeness (QED) is 0.0698. The third kappa shape index (κ3) is 18.1. The van der Waals surface area contributed by atoms with E-state index in [1.807, 2.05) is 6.08 Å². The van der Waals surface area contributed by atoms with Crippen molar-refractivity contribution in [2.75, 3.05) is 0 Å². The molecule has 0 amide bonds. The highest BCUT2D eigenvalue weighted by Gasteiger charge is 2.40. The number of unbranched alkanes of at least 4 members (excludes halogenated alkanes) is 17. The van der Waals surface area contributed by atoms with Crippen molar-refractivity contribution >= 4 is 5.97 Å². The van der Waals surface area contributed by atoms with Crippen LogP contribution in [0.25, 0.3) is 0 Å². The highest BCUT2D eigenvalue weighted by molar-refractivity contribution is 5.69. The van der Waals surface area contributed by atoms with E-state index in [2.05, 4.69) is 20.4 Å². The molecule has 0 bridgehead atoms. The zero-order valence-corrected chi connectivity index (χ0v) is 24.7. The second-order valence-corrected chi connectivity index (χ2v) is 11.5. The van der Waals surface area contributed by atoms with Gasteiger partial charge >= 0.3 is 5.97 Å². The van der Waals surface area contributed by atoms with Crippen molar-refractivity contribution in [2.45, 2.75) is 192 Å². The highest BCUT2D eigenvalue weighted by Crippen LogP contribution is 2.31. The molecule has 218 valence electrons. The van der Waals surface area contributed by atoms with Crippen LogP contribution in [0.5, 0.6) is 0 Å². The fourth-order valence-electron chi connectivity index (χ4n) is 5.49. The highest BCUT2D eigenvalue weighted by atomic mass is 16.6. The lowest BCUT2D eigenvalue weighted by Crippen LogP contribution is -2.27. The van der Waals surface area contributed by atoms with Crippen molar-refractivity contribution in [3.8, 4) is 0 Å². The van der Waals surface area contributed by atoms with E-state index in [4.69, 9.17) is 9.47 Å². The zero-order valence-electron chi connectivity index (χ0n) is 24.7. The molecule has 0 radical (unpaired) electrons. The van der Waals surface area contributed by atoms with Gasteiger partial charge < -0.3 is 14.6 Å². The molecule has 1 unspecified atom stereocenters. The Labute approximate surface area is 230 Å². The summed E-state index contributed by atoms with van der Waals surface area (Å²) >= 11 is 0. The second-order valence-electron chi connectivity index (χ2n) is 11.5. The summed E-state index contributed by atoms with van der Waals surface area (Å²) in [5, 5.41) is 10.8. The molecule has 0 aromatic heterocycles. The van der Waals surface area contributed by atoms with E-state index in [-0.39, 0.29) is 24.3 Å². The molecule has 1 aliphatic rings. The normalized spacial score (nSPS) is 20.2. The van der Waals surface area contributed by atoms with Gasteiger partial charge in [0.15, 0.2) is 0 Å². The number of aliphatic hydroxyl groups excluding tert-OH is 1. The average molecular weight is 523 g/mol. The molecule has 37 heavy (non-hydrogen) atoms. The average Bonchev–Trinajstić information content (AvgIpc) is 3.29. The Hall–Kier alpha value is -0.870. The predicted molar refractivity (Wildman–Crippen MR) is 157 cm³/mol. The molecule has 4 nitrogen and oxygen atoms in total. The molecule has 4 atom stereocenters. The monoisotopic (exact) mass is 522 g/mol. The molecule has 0 saturated carbocycles. The van der Waals surface area contributed by atoms with Gasteiger partial charge in [-0.05, 0) is 32.1 Å². The van der Waals surface area contributed by atoms with Gasteiger partial charge in [0.25, 0.3) is 0 Å². The zero-order chi connectivity index (χ0) is 27.0. The van der Waals surface area contributed by atoms with E-state index in [1.165, 1.54) is 83.5 Å². The number of aliphatic hydroxyl groups is 1. The van der Waals surface area contributed by atoms with Crippen molar-refractivity contribution in [3.63, 3.8) is 0 Å². The Bertz CT molecular complexity index is 534. The molecular weight excluding hydrogens is 460 g/mol. The summed E-state index contributed by atoms with van der Waals surface area (Å²) in [5.41, 5.74) is 0. The Morgan fingerprint density at radius 2 is 1.38 bits per heavy atom. The van der Waals surface area contributed by atoms with Crippen LogP contribution in [0.4, 0.5) is 0 Å². The molecule has 1 rings (SSSR count). The summed E-state index contributed by atoms with van der Waals surface area (Å²) < 4.78 is 12.2. The molecule has 0 aromatic carbocycles. The van der Waals surface area contributed by atoms with E-state index in [9.17, 15) is 9.90 Å². The molecule has 1 aliphatic heterocycles. The minimum atomic E-state index is -0.461. The predicted octanol–water partition coefficient (Wildman–Crippen LogP) is 9.61. The maximum atomic E-state index is 12.6. The molecule has 1 fully saturated rings. The number of hydrogen-bond acceptors (Lipinski definition) is 4. The topological polar surface area (TPSA) is 55.8 Å². The van der Waals surface area contributed by atoms with Gasteiger partial charge in [-0.2, -0.15) is 0 Å². The first-order valence-corrected chi connectivity index (χ1v) is 16.3. The van der Waals surface area contributed by atoms with Gasteiger partial charge in [-0.25, -0.2) is 0 Å². The number of carbonyl (C=O) groups is 1. The van der Waals surface area contributed by atoms with E-state index in [0.29, 0.717) is 12.8 Å². The van der Waals surface area contributed by atoms with Gasteiger partial charge in [0.1, 0.15) is 6.10 Å². The van der Waals surface area contributed by atoms with Crippen LogP contribution in [0.2, 0.25) is 0 Å². The lowest BCUT2D eigenvalue weighted by Gasteiger charge is -2.20. The molecule has 4 heteroatoms. The molecule has 1 N–H and O–H groups in total. The molecule has 0 aromatic rings. The van der Waals surface area contributed by atoms with Crippen molar-refractivity contribution in [3.05, 3.63) is 12.7 Å². The van der Waals surface area contributed by atoms with Crippen LogP contribution >= 0.6 is 0 Å². The van der Waals surface area contributed by atoms with Gasteiger partial charge in [0.05, 0.1) is 18.3 Å². The van der Waals surface area contributed by atoms with Crippen molar-refractivity contribution in [1.82, 2.24) is 0 Å². The fourth-order valence-corrected chi connectivity index (χ4v) is 5.49. The van der Waals surface area contributed by atoms with Gasteiger partial charge in [-0.15, -0.1) is 6.58 Å². The van der Waals surface area contributed by atoms with Gasteiger partial charge in [0.2, 0.25) is 0 Å². The van der Waals surface area contributed by atoms with Crippen LogP contribution in [0.3, 0.4) is 0 Å². The minimum Gasteiger partial charge on any atom is -0.459 e. The Kier molecular flexibility index (Phi) is 22.3. The van der Waals surface area contributed by atoms with Crippen LogP contribution in [-0.4, -0.2) is 35.5 Å². The smallest absolute Gasteiger partial charge is 0.306 e. The van der Waals surface area contributed by atoms with Crippen LogP contribution < -0.4 is 0 Å². The summed E-state index contributed by atoms with van der Waals surface area (Å²) in [5.74, 6) is -0.0836. The Morgan fingerprint density at radius 1 is 0.838 bits per heavy atom. The maximum Gasteiger partial charge on any atom is 0.306 e. The number of esters is 1. The number of allylic oxidation sites excluding steroid dienone is 1. The Balaban J connectivity index is 2.25. The van der Waals surface area contributed by atoms with Gasteiger partial charge in [-0.1, -0.05) is 129 Å². The van der Waals surface area contributed by atoms with Crippen LogP contribution in [0.1, 0.15) is 168 Å². The third-order valence-corrected chi connectivity index (χ3v) is 7.93. The maximum absolute atomic E-state index is 12.6. The lowest BCUT2D eigenvalue weighted by atomic mass is 10.00. The number of carbonyl (C=O) groups excluding carboxylic acids is 1. The first-order chi connectivity index (χ1) is 18.1. The second kappa shape index (κ2) is 24.2. The van der Waals surface area contributed by atoms with Crippen molar-refractivity contribution in [2.24, 2.45) is 0 Å². The molecule has 1 saturated heterocycles. The lowest BCUT2D eigenvalue weighted by molar-refractivity contribution is -0.152. The summed E-state index contributed by atoms with van der Waals surface area (Å²) in [4.78, 5) is 12.6. The molecular formula is C33H62O4. The number of rotatable bonds is 26. The largest absolute Gasteiger partial charge is 0.459 e. The van der Waals surface area contributed by atoms with Crippen LogP contribution in [0.15, 0.2) is 12.7 Å². The van der Waals surface area contributed by atoms with Crippen molar-refractivity contribution in [1.29, 1.82) is 0 Å². The number of hydrogen-bond donors (Lipinski definition) is 1. The van der Waals surface area contributed by atoms with Gasteiger partial charge in [-0.3, -0.25) is 4.79 Å². The third-order valence-electron chi connectivity index (χ3n) is 7.93. The van der Waals surface area contributed by atoms with E-state index in [1.54, 1.807) is 0 Å². The molecule has 1 heterocycles. The molecule has 0 spiro atoms. The van der Waals surface area contributed by atoms with E-state index >= 15 is 0 Å². The standard InChI is InChI=1S/C33H62O4/c1-4-7-10-12-14-15-16-17-19-21-24-27-33(35)37-32-28-31(36-30(32)26-22-9-6-3)29(34)25-23-20-18-13-11-8-5-2/h5,29-32,34H,2,4,6-28H2,1,3H3/t29-,30+,31?,32+/m1/s1. The minimum absolute atomic E-state index is 0.0635. The van der Waals surface area contributed by atoms with E-state index < -0.39 is 6.10 Å². The summed E-state index contributed by atoms with van der Waals surface area (Å²) in [6, 6.07) is 0. The summed E-state index contributed by atoms with van der Waals surface area (Å²) in [6.45, 7) is 8.24. The Morgan fingerprint density at radius 3 is 2.00 bits per heavy atom. The number of ether oxygens (including phenoxy) is 2.